The van der Waals surface area contributed by atoms with Gasteiger partial charge in [0.15, 0.2) is 0 Å². The summed E-state index contributed by atoms with van der Waals surface area (Å²) < 4.78 is 0. The number of aromatic amines is 1. The standard InChI is InChI=1S/C19H22N4O8/c20-11(6-15(24)25)17(28)22-13(18(29)23-14(19(30)31)7-16(26)27)5-9-8-21-12-4-2-1-3-10(9)12/h1-4,8,11,13-14,21H,5-7,20H2,(H,22,28)(H,23,29)(H,24,25)(H,26,27)(H,30,31)/t11-,13-,14-/m0/s1. The summed E-state index contributed by atoms with van der Waals surface area (Å²) in [5.74, 6) is -6.18. The van der Waals surface area contributed by atoms with E-state index in [4.69, 9.17) is 21.1 Å². The van der Waals surface area contributed by atoms with Gasteiger partial charge < -0.3 is 36.7 Å². The van der Waals surface area contributed by atoms with Crippen molar-refractivity contribution in [2.24, 2.45) is 5.73 Å². The number of carbonyl (C=O) groups excluding carboxylic acids is 2. The van der Waals surface area contributed by atoms with E-state index in [0.717, 1.165) is 10.9 Å². The number of carboxylic acid groups (broad SMARTS) is 3. The van der Waals surface area contributed by atoms with E-state index >= 15 is 0 Å². The molecule has 0 bridgehead atoms. The number of benzene rings is 1. The Labute approximate surface area is 175 Å². The molecule has 0 radical (unpaired) electrons. The number of para-hydroxylation sites is 1. The molecule has 1 heterocycles. The maximum Gasteiger partial charge on any atom is 0.326 e. The normalized spacial score (nSPS) is 13.7. The molecule has 3 atom stereocenters. The van der Waals surface area contributed by atoms with Crippen molar-refractivity contribution in [1.82, 2.24) is 15.6 Å². The van der Waals surface area contributed by atoms with Crippen LogP contribution in [0.5, 0.6) is 0 Å². The highest BCUT2D eigenvalue weighted by Crippen LogP contribution is 2.19. The van der Waals surface area contributed by atoms with Crippen LogP contribution in [0.25, 0.3) is 10.9 Å². The van der Waals surface area contributed by atoms with Crippen LogP contribution in [0.15, 0.2) is 30.5 Å². The first kappa shape index (κ1) is 23.3. The molecule has 1 aromatic carbocycles. The van der Waals surface area contributed by atoms with Crippen LogP contribution in [0.4, 0.5) is 0 Å². The second-order valence-electron chi connectivity index (χ2n) is 6.83. The first-order valence-electron chi connectivity index (χ1n) is 9.16. The number of rotatable bonds is 11. The van der Waals surface area contributed by atoms with Crippen LogP contribution in [-0.2, 0) is 30.4 Å². The number of hydrogen-bond donors (Lipinski definition) is 7. The molecule has 12 nitrogen and oxygen atoms in total. The lowest BCUT2D eigenvalue weighted by Gasteiger charge is -2.22. The third-order valence-corrected chi connectivity index (χ3v) is 4.46. The molecular weight excluding hydrogens is 412 g/mol. The van der Waals surface area contributed by atoms with E-state index in [-0.39, 0.29) is 6.42 Å². The Morgan fingerprint density at radius 1 is 0.903 bits per heavy atom. The molecule has 166 valence electrons. The van der Waals surface area contributed by atoms with Gasteiger partial charge in [-0.3, -0.25) is 19.2 Å². The van der Waals surface area contributed by atoms with Crippen LogP contribution in [0.2, 0.25) is 0 Å². The monoisotopic (exact) mass is 434 g/mol. The minimum absolute atomic E-state index is 0.0826. The van der Waals surface area contributed by atoms with Crippen LogP contribution in [-0.4, -0.2) is 68.2 Å². The zero-order valence-corrected chi connectivity index (χ0v) is 16.2. The van der Waals surface area contributed by atoms with E-state index in [1.54, 1.807) is 30.5 Å². The first-order chi connectivity index (χ1) is 14.6. The van der Waals surface area contributed by atoms with E-state index in [2.05, 4.69) is 15.6 Å². The average molecular weight is 434 g/mol. The number of fused-ring (bicyclic) bond motifs is 1. The van der Waals surface area contributed by atoms with E-state index < -0.39 is 60.7 Å². The molecule has 0 saturated heterocycles. The first-order valence-corrected chi connectivity index (χ1v) is 9.16. The Morgan fingerprint density at radius 3 is 2.13 bits per heavy atom. The maximum atomic E-state index is 12.7. The minimum Gasteiger partial charge on any atom is -0.481 e. The van der Waals surface area contributed by atoms with Crippen LogP contribution >= 0.6 is 0 Å². The summed E-state index contributed by atoms with van der Waals surface area (Å²) in [5.41, 5.74) is 6.93. The van der Waals surface area contributed by atoms with Crippen molar-refractivity contribution in [2.45, 2.75) is 37.4 Å². The predicted molar refractivity (Wildman–Crippen MR) is 106 cm³/mol. The summed E-state index contributed by atoms with van der Waals surface area (Å²) in [5, 5.41) is 32.0. The summed E-state index contributed by atoms with van der Waals surface area (Å²) >= 11 is 0. The third kappa shape index (κ3) is 6.54. The summed E-state index contributed by atoms with van der Waals surface area (Å²) in [6.45, 7) is 0. The van der Waals surface area contributed by atoms with Crippen LogP contribution in [0, 0.1) is 0 Å². The molecule has 0 fully saturated rings. The van der Waals surface area contributed by atoms with Gasteiger partial charge >= 0.3 is 17.9 Å². The number of H-pyrrole nitrogens is 1. The summed E-state index contributed by atoms with van der Waals surface area (Å²) in [7, 11) is 0. The molecule has 0 spiro atoms. The highest BCUT2D eigenvalue weighted by molar-refractivity contribution is 5.94. The molecule has 0 saturated carbocycles. The van der Waals surface area contributed by atoms with Crippen LogP contribution < -0.4 is 16.4 Å². The van der Waals surface area contributed by atoms with Gasteiger partial charge in [0.05, 0.1) is 18.9 Å². The summed E-state index contributed by atoms with van der Waals surface area (Å²) in [4.78, 5) is 61.0. The number of aromatic nitrogens is 1. The van der Waals surface area contributed by atoms with Crippen LogP contribution in [0.3, 0.4) is 0 Å². The van der Waals surface area contributed by atoms with Gasteiger partial charge in [-0.15, -0.1) is 0 Å². The third-order valence-electron chi connectivity index (χ3n) is 4.46. The number of nitrogens with one attached hydrogen (secondary N) is 3. The number of carbonyl (C=O) groups is 5. The Bertz CT molecular complexity index is 1000. The van der Waals surface area contributed by atoms with Crippen molar-refractivity contribution in [3.8, 4) is 0 Å². The molecule has 31 heavy (non-hydrogen) atoms. The largest absolute Gasteiger partial charge is 0.481 e. The maximum absolute atomic E-state index is 12.7. The molecular formula is C19H22N4O8. The molecule has 2 aromatic rings. The number of hydrogen-bond acceptors (Lipinski definition) is 6. The van der Waals surface area contributed by atoms with Gasteiger partial charge in [-0.05, 0) is 11.6 Å². The fourth-order valence-corrected chi connectivity index (χ4v) is 2.94. The smallest absolute Gasteiger partial charge is 0.326 e. The topological polar surface area (TPSA) is 212 Å². The lowest BCUT2D eigenvalue weighted by molar-refractivity contribution is -0.147. The number of aliphatic carboxylic acids is 3. The number of carboxylic acids is 3. The Morgan fingerprint density at radius 2 is 1.52 bits per heavy atom. The van der Waals surface area contributed by atoms with Gasteiger partial charge in [-0.1, -0.05) is 18.2 Å². The zero-order chi connectivity index (χ0) is 23.1. The van der Waals surface area contributed by atoms with Crippen molar-refractivity contribution in [3.05, 3.63) is 36.0 Å². The zero-order valence-electron chi connectivity index (χ0n) is 16.2. The molecule has 8 N–H and O–H groups in total. The number of nitrogens with two attached hydrogens (primary N) is 1. The second kappa shape index (κ2) is 10.2. The fraction of sp³-hybridized carbons (Fsp3) is 0.316. The quantitative estimate of drug-likeness (QED) is 0.232. The SMILES string of the molecule is N[C@@H](CC(=O)O)C(=O)N[C@@H](Cc1c[nH]c2ccccc12)C(=O)N[C@@H](CC(=O)O)C(=O)O. The minimum atomic E-state index is -1.72. The van der Waals surface area contributed by atoms with Crippen molar-refractivity contribution in [3.63, 3.8) is 0 Å². The van der Waals surface area contributed by atoms with E-state index in [1.807, 2.05) is 0 Å². The summed E-state index contributed by atoms with van der Waals surface area (Å²) in [6, 6.07) is 2.64. The molecule has 0 aliphatic carbocycles. The highest BCUT2D eigenvalue weighted by Gasteiger charge is 2.30. The van der Waals surface area contributed by atoms with Gasteiger partial charge in [-0.2, -0.15) is 0 Å². The lowest BCUT2D eigenvalue weighted by atomic mass is 10.0. The Balaban J connectivity index is 2.26. The van der Waals surface area contributed by atoms with Gasteiger partial charge in [0.25, 0.3) is 0 Å². The van der Waals surface area contributed by atoms with Gasteiger partial charge in [0.1, 0.15) is 12.1 Å². The van der Waals surface area contributed by atoms with Crippen molar-refractivity contribution in [1.29, 1.82) is 0 Å². The van der Waals surface area contributed by atoms with E-state index in [9.17, 15) is 24.0 Å². The Hall–Kier alpha value is -3.93. The van der Waals surface area contributed by atoms with Crippen molar-refractivity contribution >= 4 is 40.6 Å². The fourth-order valence-electron chi connectivity index (χ4n) is 2.94. The summed E-state index contributed by atoms with van der Waals surface area (Å²) in [6.07, 6.45) is -0.0155. The molecule has 12 heteroatoms. The van der Waals surface area contributed by atoms with Crippen molar-refractivity contribution in [2.75, 3.05) is 0 Å². The van der Waals surface area contributed by atoms with E-state index in [0.29, 0.717) is 5.56 Å². The predicted octanol–water partition coefficient (Wildman–Crippen LogP) is -0.959. The lowest BCUT2D eigenvalue weighted by Crippen LogP contribution is -2.55. The molecule has 0 unspecified atom stereocenters. The molecule has 0 aliphatic rings. The Kier molecular flexibility index (Phi) is 7.69. The van der Waals surface area contributed by atoms with Gasteiger partial charge in [0, 0.05) is 23.5 Å². The van der Waals surface area contributed by atoms with Crippen molar-refractivity contribution < 1.29 is 39.3 Å². The molecule has 0 aliphatic heterocycles. The van der Waals surface area contributed by atoms with Gasteiger partial charge in [-0.25, -0.2) is 4.79 Å². The molecule has 2 rings (SSSR count). The van der Waals surface area contributed by atoms with Gasteiger partial charge in [0.2, 0.25) is 11.8 Å². The van der Waals surface area contributed by atoms with Crippen LogP contribution in [0.1, 0.15) is 18.4 Å². The van der Waals surface area contributed by atoms with E-state index in [1.165, 1.54) is 0 Å². The number of amides is 2. The highest BCUT2D eigenvalue weighted by atomic mass is 16.4. The average Bonchev–Trinajstić information content (AvgIpc) is 3.08. The molecule has 1 aromatic heterocycles. The molecule has 2 amide bonds. The second-order valence-corrected chi connectivity index (χ2v) is 6.83.